The molecule has 0 aliphatic carbocycles. The number of aryl methyl sites for hydroxylation is 1. The van der Waals surface area contributed by atoms with Crippen LogP contribution < -0.4 is 10.1 Å². The molecule has 2 aromatic carbocycles. The standard InChI is InChI=1S/C22H19FN2O3S/c1-14-11-19(24-21(26)15-6-4-7-17(23)12-15)29-20(14)22(27)25-9-10-28-18-8-3-2-5-16(18)13-25/h2-8,11-12H,9-10,13H2,1H3,(H,24,26). The van der Waals surface area contributed by atoms with E-state index in [1.165, 1.54) is 29.5 Å². The lowest BCUT2D eigenvalue weighted by Crippen LogP contribution is -2.32. The third-order valence-electron chi connectivity index (χ3n) is 4.68. The first-order valence-corrected chi connectivity index (χ1v) is 10.0. The second-order valence-corrected chi connectivity index (χ2v) is 7.82. The van der Waals surface area contributed by atoms with Gasteiger partial charge >= 0.3 is 0 Å². The monoisotopic (exact) mass is 410 g/mol. The number of hydrogen-bond acceptors (Lipinski definition) is 4. The first-order chi connectivity index (χ1) is 14.0. The highest BCUT2D eigenvalue weighted by Crippen LogP contribution is 2.30. The minimum Gasteiger partial charge on any atom is -0.491 e. The molecule has 29 heavy (non-hydrogen) atoms. The van der Waals surface area contributed by atoms with Crippen molar-refractivity contribution in [1.82, 2.24) is 4.90 Å². The summed E-state index contributed by atoms with van der Waals surface area (Å²) in [5.41, 5.74) is 1.98. The summed E-state index contributed by atoms with van der Waals surface area (Å²) in [5, 5.41) is 3.30. The highest BCUT2D eigenvalue weighted by atomic mass is 32.1. The molecule has 0 spiro atoms. The highest BCUT2D eigenvalue weighted by molar-refractivity contribution is 7.18. The fraction of sp³-hybridized carbons (Fsp3) is 0.182. The summed E-state index contributed by atoms with van der Waals surface area (Å²) in [6.45, 7) is 3.22. The first kappa shape index (κ1) is 19.1. The zero-order valence-corrected chi connectivity index (χ0v) is 16.6. The second-order valence-electron chi connectivity index (χ2n) is 6.77. The molecule has 0 saturated carbocycles. The Morgan fingerprint density at radius 1 is 1.14 bits per heavy atom. The highest BCUT2D eigenvalue weighted by Gasteiger charge is 2.24. The van der Waals surface area contributed by atoms with Crippen molar-refractivity contribution in [1.29, 1.82) is 0 Å². The first-order valence-electron chi connectivity index (χ1n) is 9.18. The van der Waals surface area contributed by atoms with Crippen LogP contribution in [-0.4, -0.2) is 29.9 Å². The quantitative estimate of drug-likeness (QED) is 0.693. The van der Waals surface area contributed by atoms with Gasteiger partial charge in [0.2, 0.25) is 0 Å². The summed E-state index contributed by atoms with van der Waals surface area (Å²) in [6, 6.07) is 14.9. The van der Waals surface area contributed by atoms with Gasteiger partial charge in [-0.2, -0.15) is 0 Å². The van der Waals surface area contributed by atoms with E-state index in [-0.39, 0.29) is 11.5 Å². The van der Waals surface area contributed by atoms with Gasteiger partial charge in [-0.05, 0) is 42.8 Å². The number of para-hydroxylation sites is 1. The SMILES string of the molecule is Cc1cc(NC(=O)c2cccc(F)c2)sc1C(=O)N1CCOc2ccccc2C1. The lowest BCUT2D eigenvalue weighted by Gasteiger charge is -2.19. The van der Waals surface area contributed by atoms with Crippen molar-refractivity contribution in [2.24, 2.45) is 0 Å². The summed E-state index contributed by atoms with van der Waals surface area (Å²) < 4.78 is 19.1. The Kier molecular flexibility index (Phi) is 5.31. The predicted octanol–water partition coefficient (Wildman–Crippen LogP) is 4.48. The third-order valence-corrected chi connectivity index (χ3v) is 5.82. The van der Waals surface area contributed by atoms with Crippen molar-refractivity contribution in [3.8, 4) is 5.75 Å². The van der Waals surface area contributed by atoms with Crippen LogP contribution >= 0.6 is 11.3 Å². The number of halogens is 1. The van der Waals surface area contributed by atoms with E-state index in [0.717, 1.165) is 16.9 Å². The van der Waals surface area contributed by atoms with Gasteiger partial charge in [-0.15, -0.1) is 11.3 Å². The molecule has 3 aromatic rings. The number of thiophene rings is 1. The number of benzene rings is 2. The van der Waals surface area contributed by atoms with Crippen LogP contribution in [0.2, 0.25) is 0 Å². The van der Waals surface area contributed by atoms with Crippen molar-refractivity contribution in [2.75, 3.05) is 18.5 Å². The fourth-order valence-corrected chi connectivity index (χ4v) is 4.25. The molecule has 1 N–H and O–H groups in total. The van der Waals surface area contributed by atoms with E-state index in [9.17, 15) is 14.0 Å². The molecule has 0 saturated heterocycles. The topological polar surface area (TPSA) is 58.6 Å². The normalized spacial score (nSPS) is 13.2. The van der Waals surface area contributed by atoms with Crippen LogP contribution in [0.5, 0.6) is 5.75 Å². The minimum atomic E-state index is -0.473. The van der Waals surface area contributed by atoms with E-state index in [2.05, 4.69) is 5.32 Å². The van der Waals surface area contributed by atoms with Crippen molar-refractivity contribution >= 4 is 28.2 Å². The van der Waals surface area contributed by atoms with Gasteiger partial charge in [0.1, 0.15) is 18.2 Å². The number of rotatable bonds is 3. The largest absolute Gasteiger partial charge is 0.491 e. The molecule has 5 nitrogen and oxygen atoms in total. The number of amides is 2. The lowest BCUT2D eigenvalue weighted by molar-refractivity contribution is 0.0737. The maximum atomic E-state index is 13.3. The van der Waals surface area contributed by atoms with Crippen LogP contribution in [0.4, 0.5) is 9.39 Å². The van der Waals surface area contributed by atoms with Crippen molar-refractivity contribution < 1.29 is 18.7 Å². The van der Waals surface area contributed by atoms with Gasteiger partial charge in [-0.3, -0.25) is 9.59 Å². The summed E-state index contributed by atoms with van der Waals surface area (Å²) in [7, 11) is 0. The van der Waals surface area contributed by atoms with Crippen LogP contribution in [0.15, 0.2) is 54.6 Å². The molecule has 0 unspecified atom stereocenters. The Labute approximate surface area is 171 Å². The van der Waals surface area contributed by atoms with Crippen LogP contribution in [0.25, 0.3) is 0 Å². The maximum Gasteiger partial charge on any atom is 0.264 e. The number of carbonyl (C=O) groups excluding carboxylic acids is 2. The Bertz CT molecular complexity index is 1080. The smallest absolute Gasteiger partial charge is 0.264 e. The Hall–Kier alpha value is -3.19. The summed E-state index contributed by atoms with van der Waals surface area (Å²) in [6.07, 6.45) is 0. The van der Waals surface area contributed by atoms with E-state index >= 15 is 0 Å². The number of fused-ring (bicyclic) bond motifs is 1. The van der Waals surface area contributed by atoms with Crippen LogP contribution in [0.1, 0.15) is 31.2 Å². The summed E-state index contributed by atoms with van der Waals surface area (Å²) >= 11 is 1.22. The molecule has 0 atom stereocenters. The van der Waals surface area contributed by atoms with Gasteiger partial charge in [0.15, 0.2) is 0 Å². The molecule has 0 bridgehead atoms. The molecular weight excluding hydrogens is 391 g/mol. The van der Waals surface area contributed by atoms with Crippen molar-refractivity contribution in [3.63, 3.8) is 0 Å². The zero-order valence-electron chi connectivity index (χ0n) is 15.8. The summed E-state index contributed by atoms with van der Waals surface area (Å²) in [5.74, 6) is -0.186. The molecule has 1 aliphatic rings. The molecule has 0 fully saturated rings. The van der Waals surface area contributed by atoms with E-state index in [0.29, 0.717) is 29.6 Å². The maximum absolute atomic E-state index is 13.3. The van der Waals surface area contributed by atoms with Gasteiger partial charge < -0.3 is 15.0 Å². The molecule has 1 aromatic heterocycles. The molecule has 1 aliphatic heterocycles. The van der Waals surface area contributed by atoms with Gasteiger partial charge in [0.05, 0.1) is 16.4 Å². The number of nitrogens with one attached hydrogen (secondary N) is 1. The Morgan fingerprint density at radius 2 is 1.97 bits per heavy atom. The van der Waals surface area contributed by atoms with Gasteiger partial charge in [-0.1, -0.05) is 24.3 Å². The minimum absolute atomic E-state index is 0.0981. The molecule has 2 heterocycles. The van der Waals surface area contributed by atoms with E-state index in [4.69, 9.17) is 4.74 Å². The zero-order chi connectivity index (χ0) is 20.4. The van der Waals surface area contributed by atoms with E-state index in [1.807, 2.05) is 31.2 Å². The summed E-state index contributed by atoms with van der Waals surface area (Å²) in [4.78, 5) is 27.8. The second kappa shape index (κ2) is 8.05. The number of carbonyl (C=O) groups is 2. The molecule has 4 rings (SSSR count). The fourth-order valence-electron chi connectivity index (χ4n) is 3.21. The lowest BCUT2D eigenvalue weighted by atomic mass is 10.2. The van der Waals surface area contributed by atoms with Gasteiger partial charge in [0, 0.05) is 17.7 Å². The molecular formula is C22H19FN2O3S. The number of anilines is 1. The average Bonchev–Trinajstić information content (AvgIpc) is 2.94. The van der Waals surface area contributed by atoms with E-state index in [1.54, 1.807) is 17.0 Å². The number of ether oxygens (including phenoxy) is 1. The predicted molar refractivity (Wildman–Crippen MR) is 110 cm³/mol. The van der Waals surface area contributed by atoms with E-state index < -0.39 is 11.7 Å². The van der Waals surface area contributed by atoms with Crippen LogP contribution in [0.3, 0.4) is 0 Å². The Morgan fingerprint density at radius 3 is 2.79 bits per heavy atom. The number of hydrogen-bond donors (Lipinski definition) is 1. The Balaban J connectivity index is 1.51. The van der Waals surface area contributed by atoms with Crippen molar-refractivity contribution in [3.05, 3.63) is 82.0 Å². The molecule has 0 radical (unpaired) electrons. The van der Waals surface area contributed by atoms with Gasteiger partial charge in [0.25, 0.3) is 11.8 Å². The average molecular weight is 410 g/mol. The van der Waals surface area contributed by atoms with Crippen molar-refractivity contribution in [2.45, 2.75) is 13.5 Å². The molecule has 7 heteroatoms. The van der Waals surface area contributed by atoms with Crippen LogP contribution in [-0.2, 0) is 6.54 Å². The number of nitrogens with zero attached hydrogens (tertiary/aromatic N) is 1. The van der Waals surface area contributed by atoms with Crippen LogP contribution in [0, 0.1) is 12.7 Å². The molecule has 2 amide bonds. The van der Waals surface area contributed by atoms with Gasteiger partial charge in [-0.25, -0.2) is 4.39 Å². The third kappa shape index (κ3) is 4.14. The molecule has 148 valence electrons.